The molecule has 4 heteroatoms. The van der Waals surface area contributed by atoms with Gasteiger partial charge in [0.1, 0.15) is 0 Å². The average molecular weight is 286 g/mol. The largest absolute Gasteiger partial charge is 0.369 e. The van der Waals surface area contributed by atoms with Gasteiger partial charge in [-0.25, -0.2) is 4.98 Å². The predicted molar refractivity (Wildman–Crippen MR) is 84.1 cm³/mol. The number of benzene rings is 2. The molecule has 0 fully saturated rings. The molecule has 0 aliphatic heterocycles. The molecule has 1 aromatic heterocycles. The van der Waals surface area contributed by atoms with Gasteiger partial charge in [0.25, 0.3) is 0 Å². The topological polar surface area (TPSA) is 43.8 Å². The molecule has 2 N–H and O–H groups in total. The SMILES string of the molecule is Cc1ccccc1C(C)n1c(N)nc2cc(Cl)ccc21. The number of halogens is 1. The summed E-state index contributed by atoms with van der Waals surface area (Å²) >= 11 is 6.01. The van der Waals surface area contributed by atoms with Crippen molar-refractivity contribution in [2.24, 2.45) is 0 Å². The standard InChI is InChI=1S/C16H16ClN3/c1-10-5-3-4-6-13(10)11(2)20-15-8-7-12(17)9-14(15)19-16(20)18/h3-9,11H,1-2H3,(H2,18,19). The van der Waals surface area contributed by atoms with E-state index in [1.165, 1.54) is 11.1 Å². The number of aryl methyl sites for hydroxylation is 1. The summed E-state index contributed by atoms with van der Waals surface area (Å²) in [5.74, 6) is 0.512. The fourth-order valence-electron chi connectivity index (χ4n) is 2.69. The second kappa shape index (κ2) is 4.84. The van der Waals surface area contributed by atoms with E-state index in [9.17, 15) is 0 Å². The maximum Gasteiger partial charge on any atom is 0.201 e. The summed E-state index contributed by atoms with van der Waals surface area (Å²) < 4.78 is 2.05. The molecular weight excluding hydrogens is 270 g/mol. The number of fused-ring (bicyclic) bond motifs is 1. The van der Waals surface area contributed by atoms with Gasteiger partial charge in [0.2, 0.25) is 5.95 Å². The van der Waals surface area contributed by atoms with Gasteiger partial charge < -0.3 is 10.3 Å². The van der Waals surface area contributed by atoms with Crippen molar-refractivity contribution < 1.29 is 0 Å². The minimum atomic E-state index is 0.127. The van der Waals surface area contributed by atoms with Crippen molar-refractivity contribution in [3.63, 3.8) is 0 Å². The van der Waals surface area contributed by atoms with Gasteiger partial charge in [0.05, 0.1) is 17.1 Å². The molecule has 0 radical (unpaired) electrons. The van der Waals surface area contributed by atoms with E-state index in [2.05, 4.69) is 31.0 Å². The number of rotatable bonds is 2. The van der Waals surface area contributed by atoms with E-state index in [0.29, 0.717) is 11.0 Å². The third-order valence-corrected chi connectivity index (χ3v) is 3.94. The second-order valence-electron chi connectivity index (χ2n) is 5.01. The fourth-order valence-corrected chi connectivity index (χ4v) is 2.86. The van der Waals surface area contributed by atoms with Gasteiger partial charge in [-0.05, 0) is 43.2 Å². The molecular formula is C16H16ClN3. The molecule has 0 spiro atoms. The minimum Gasteiger partial charge on any atom is -0.369 e. The van der Waals surface area contributed by atoms with E-state index in [1.54, 1.807) is 0 Å². The number of hydrogen-bond donors (Lipinski definition) is 1. The number of anilines is 1. The Balaban J connectivity index is 2.19. The van der Waals surface area contributed by atoms with Crippen molar-refractivity contribution in [1.29, 1.82) is 0 Å². The van der Waals surface area contributed by atoms with Crippen LogP contribution >= 0.6 is 11.6 Å². The molecule has 0 saturated heterocycles. The monoisotopic (exact) mass is 285 g/mol. The molecule has 3 rings (SSSR count). The summed E-state index contributed by atoms with van der Waals surface area (Å²) in [6.45, 7) is 4.24. The Hall–Kier alpha value is -2.00. The first-order valence-electron chi connectivity index (χ1n) is 6.56. The number of nitrogens with zero attached hydrogens (tertiary/aromatic N) is 2. The Bertz CT molecular complexity index is 776. The molecule has 3 nitrogen and oxygen atoms in total. The lowest BCUT2D eigenvalue weighted by atomic mass is 10.0. The summed E-state index contributed by atoms with van der Waals surface area (Å²) in [5, 5.41) is 0.672. The highest BCUT2D eigenvalue weighted by molar-refractivity contribution is 6.31. The van der Waals surface area contributed by atoms with Crippen molar-refractivity contribution in [3.8, 4) is 0 Å². The zero-order valence-electron chi connectivity index (χ0n) is 11.5. The molecule has 0 aliphatic carbocycles. The molecule has 0 saturated carbocycles. The number of nitrogen functional groups attached to an aromatic ring is 1. The lowest BCUT2D eigenvalue weighted by molar-refractivity contribution is 0.664. The van der Waals surface area contributed by atoms with E-state index in [0.717, 1.165) is 11.0 Å². The lowest BCUT2D eigenvalue weighted by Crippen LogP contribution is -2.11. The molecule has 2 aromatic carbocycles. The van der Waals surface area contributed by atoms with Gasteiger partial charge in [0.15, 0.2) is 0 Å². The maximum absolute atomic E-state index is 6.10. The van der Waals surface area contributed by atoms with Gasteiger partial charge in [0, 0.05) is 5.02 Å². The molecule has 0 aliphatic rings. The third-order valence-electron chi connectivity index (χ3n) is 3.70. The van der Waals surface area contributed by atoms with Crippen LogP contribution in [0, 0.1) is 6.92 Å². The second-order valence-corrected chi connectivity index (χ2v) is 5.44. The molecule has 20 heavy (non-hydrogen) atoms. The van der Waals surface area contributed by atoms with Crippen LogP contribution in [0.15, 0.2) is 42.5 Å². The van der Waals surface area contributed by atoms with E-state index in [4.69, 9.17) is 17.3 Å². The van der Waals surface area contributed by atoms with E-state index < -0.39 is 0 Å². The molecule has 3 aromatic rings. The van der Waals surface area contributed by atoms with Gasteiger partial charge in [-0.3, -0.25) is 0 Å². The van der Waals surface area contributed by atoms with Crippen LogP contribution in [0.25, 0.3) is 11.0 Å². The van der Waals surface area contributed by atoms with Crippen LogP contribution < -0.4 is 5.73 Å². The highest BCUT2D eigenvalue weighted by Crippen LogP contribution is 2.29. The highest BCUT2D eigenvalue weighted by atomic mass is 35.5. The first-order valence-corrected chi connectivity index (χ1v) is 6.94. The zero-order chi connectivity index (χ0) is 14.3. The normalized spacial score (nSPS) is 12.8. The Morgan fingerprint density at radius 2 is 1.95 bits per heavy atom. The van der Waals surface area contributed by atoms with Crippen LogP contribution in [-0.2, 0) is 0 Å². The van der Waals surface area contributed by atoms with Gasteiger partial charge in [-0.1, -0.05) is 35.9 Å². The van der Waals surface area contributed by atoms with Crippen LogP contribution in [-0.4, -0.2) is 9.55 Å². The molecule has 1 unspecified atom stereocenters. The molecule has 1 atom stereocenters. The van der Waals surface area contributed by atoms with Gasteiger partial charge in [-0.2, -0.15) is 0 Å². The number of aromatic nitrogens is 2. The van der Waals surface area contributed by atoms with Crippen molar-refractivity contribution in [2.45, 2.75) is 19.9 Å². The number of imidazole rings is 1. The first kappa shape index (κ1) is 13.0. The molecule has 0 amide bonds. The lowest BCUT2D eigenvalue weighted by Gasteiger charge is -2.18. The Labute approximate surface area is 123 Å². The first-order chi connectivity index (χ1) is 9.58. The minimum absolute atomic E-state index is 0.127. The van der Waals surface area contributed by atoms with Crippen molar-refractivity contribution in [1.82, 2.24) is 9.55 Å². The zero-order valence-corrected chi connectivity index (χ0v) is 12.2. The summed E-state index contributed by atoms with van der Waals surface area (Å²) in [7, 11) is 0. The number of nitrogens with two attached hydrogens (primary N) is 1. The van der Waals surface area contributed by atoms with Crippen LogP contribution in [0.3, 0.4) is 0 Å². The molecule has 0 bridgehead atoms. The summed E-state index contributed by atoms with van der Waals surface area (Å²) in [5.41, 5.74) is 10.4. The van der Waals surface area contributed by atoms with Crippen LogP contribution in [0.5, 0.6) is 0 Å². The van der Waals surface area contributed by atoms with Crippen molar-refractivity contribution in [3.05, 3.63) is 58.6 Å². The molecule has 102 valence electrons. The smallest absolute Gasteiger partial charge is 0.201 e. The Kier molecular flexibility index (Phi) is 3.14. The molecule has 1 heterocycles. The summed E-state index contributed by atoms with van der Waals surface area (Å²) in [6, 6.07) is 14.1. The quantitative estimate of drug-likeness (QED) is 0.767. The third kappa shape index (κ3) is 2.04. The van der Waals surface area contributed by atoms with Gasteiger partial charge >= 0.3 is 0 Å². The van der Waals surface area contributed by atoms with Crippen LogP contribution in [0.1, 0.15) is 24.1 Å². The maximum atomic E-state index is 6.10. The van der Waals surface area contributed by atoms with E-state index in [1.807, 2.05) is 34.9 Å². The summed E-state index contributed by atoms with van der Waals surface area (Å²) in [6.07, 6.45) is 0. The number of hydrogen-bond acceptors (Lipinski definition) is 2. The van der Waals surface area contributed by atoms with Crippen LogP contribution in [0.2, 0.25) is 5.02 Å². The van der Waals surface area contributed by atoms with Crippen LogP contribution in [0.4, 0.5) is 5.95 Å². The predicted octanol–water partition coefficient (Wildman–Crippen LogP) is 4.19. The Morgan fingerprint density at radius 3 is 2.70 bits per heavy atom. The van der Waals surface area contributed by atoms with Crippen molar-refractivity contribution in [2.75, 3.05) is 5.73 Å². The Morgan fingerprint density at radius 1 is 1.20 bits per heavy atom. The average Bonchev–Trinajstić information content (AvgIpc) is 2.73. The van der Waals surface area contributed by atoms with Crippen molar-refractivity contribution >= 4 is 28.6 Å². The van der Waals surface area contributed by atoms with E-state index in [-0.39, 0.29) is 6.04 Å². The highest BCUT2D eigenvalue weighted by Gasteiger charge is 2.16. The fraction of sp³-hybridized carbons (Fsp3) is 0.188. The van der Waals surface area contributed by atoms with E-state index >= 15 is 0 Å². The van der Waals surface area contributed by atoms with Gasteiger partial charge in [-0.15, -0.1) is 0 Å². The summed E-state index contributed by atoms with van der Waals surface area (Å²) in [4.78, 5) is 4.41.